The first kappa shape index (κ1) is 21.7. The summed E-state index contributed by atoms with van der Waals surface area (Å²) in [6, 6.07) is 9.32. The number of ether oxygens (including phenoxy) is 2. The molecule has 0 saturated heterocycles. The lowest BCUT2D eigenvalue weighted by Gasteiger charge is -2.37. The molecule has 5 rings (SSSR count). The molecule has 0 unspecified atom stereocenters. The zero-order valence-electron chi connectivity index (χ0n) is 18.6. The van der Waals surface area contributed by atoms with Crippen molar-refractivity contribution in [1.29, 1.82) is 0 Å². The lowest BCUT2D eigenvalue weighted by atomic mass is 10.1. The lowest BCUT2D eigenvalue weighted by molar-refractivity contribution is 0.219. The Hall–Kier alpha value is -3.10. The summed E-state index contributed by atoms with van der Waals surface area (Å²) in [5, 5.41) is 0.583. The van der Waals surface area contributed by atoms with Gasteiger partial charge in [0, 0.05) is 69.0 Å². The second-order valence-corrected chi connectivity index (χ2v) is 8.67. The summed E-state index contributed by atoms with van der Waals surface area (Å²) < 4.78 is 25.0. The maximum absolute atomic E-state index is 13.9. The minimum Gasteiger partial charge on any atom is -0.490 e. The Morgan fingerprint density at radius 2 is 1.91 bits per heavy atom. The molecule has 172 valence electrons. The number of halogens is 2. The molecule has 0 N–H and O–H groups in total. The van der Waals surface area contributed by atoms with E-state index in [-0.39, 0.29) is 5.82 Å². The average molecular weight is 470 g/mol. The molecule has 0 saturated carbocycles. The van der Waals surface area contributed by atoms with Crippen LogP contribution < -0.4 is 19.3 Å². The van der Waals surface area contributed by atoms with Crippen molar-refractivity contribution in [2.75, 3.05) is 50.2 Å². The van der Waals surface area contributed by atoms with E-state index in [1.165, 1.54) is 6.07 Å². The van der Waals surface area contributed by atoms with Crippen LogP contribution in [0.15, 0.2) is 42.7 Å². The molecule has 3 aromatic rings. The first-order valence-electron chi connectivity index (χ1n) is 10.8. The van der Waals surface area contributed by atoms with Gasteiger partial charge in [0.25, 0.3) is 0 Å². The highest BCUT2D eigenvalue weighted by Gasteiger charge is 2.25. The van der Waals surface area contributed by atoms with Crippen molar-refractivity contribution in [3.05, 3.63) is 64.7 Å². The molecule has 0 atom stereocenters. The summed E-state index contributed by atoms with van der Waals surface area (Å²) in [6.07, 6.45) is 3.56. The lowest BCUT2D eigenvalue weighted by Crippen LogP contribution is -2.36. The summed E-state index contributed by atoms with van der Waals surface area (Å²) in [6.45, 7) is 4.22. The van der Waals surface area contributed by atoms with Crippen LogP contribution in [0.2, 0.25) is 5.02 Å². The highest BCUT2D eigenvalue weighted by molar-refractivity contribution is 6.32. The number of nitrogens with zero attached hydrogens (tertiary/aromatic N) is 5. The second-order valence-electron chi connectivity index (χ2n) is 8.26. The molecule has 0 amide bonds. The molecule has 9 heteroatoms. The van der Waals surface area contributed by atoms with Crippen LogP contribution in [0.4, 0.5) is 21.5 Å². The molecule has 2 aliphatic heterocycles. The van der Waals surface area contributed by atoms with Crippen LogP contribution in [0.5, 0.6) is 11.8 Å². The van der Waals surface area contributed by atoms with E-state index >= 15 is 0 Å². The first-order chi connectivity index (χ1) is 16.0. The van der Waals surface area contributed by atoms with Gasteiger partial charge in [0.1, 0.15) is 18.2 Å². The maximum Gasteiger partial charge on any atom is 0.316 e. The molecule has 0 radical (unpaired) electrons. The van der Waals surface area contributed by atoms with E-state index in [4.69, 9.17) is 21.1 Å². The van der Waals surface area contributed by atoms with E-state index < -0.39 is 0 Å². The highest BCUT2D eigenvalue weighted by atomic mass is 35.5. The predicted molar refractivity (Wildman–Crippen MR) is 126 cm³/mol. The van der Waals surface area contributed by atoms with E-state index in [2.05, 4.69) is 30.7 Å². The molecule has 0 spiro atoms. The molecule has 7 nitrogen and oxygen atoms in total. The number of hydrogen-bond acceptors (Lipinski definition) is 7. The third-order valence-electron chi connectivity index (χ3n) is 6.03. The Balaban J connectivity index is 1.44. The number of methoxy groups -OCH3 is 1. The second kappa shape index (κ2) is 9.03. The van der Waals surface area contributed by atoms with Crippen LogP contribution in [0.1, 0.15) is 11.1 Å². The molecule has 1 aromatic heterocycles. The van der Waals surface area contributed by atoms with Gasteiger partial charge in [0.05, 0.1) is 23.5 Å². The minimum atomic E-state index is -0.242. The third kappa shape index (κ3) is 4.41. The topological polar surface area (TPSA) is 54.0 Å². The number of hydrogen-bond donors (Lipinski definition) is 0. The van der Waals surface area contributed by atoms with Crippen molar-refractivity contribution in [2.24, 2.45) is 0 Å². The van der Waals surface area contributed by atoms with E-state index in [0.717, 1.165) is 53.6 Å². The normalized spacial score (nSPS) is 16.0. The molecule has 0 fully saturated rings. The van der Waals surface area contributed by atoms with Gasteiger partial charge in [0.2, 0.25) is 0 Å². The first-order valence-corrected chi connectivity index (χ1v) is 11.2. The molecule has 3 heterocycles. The van der Waals surface area contributed by atoms with Crippen molar-refractivity contribution >= 4 is 28.7 Å². The van der Waals surface area contributed by atoms with Crippen LogP contribution >= 0.6 is 11.6 Å². The zero-order chi connectivity index (χ0) is 22.9. The Bertz CT molecular complexity index is 1160. The fraction of sp³-hybridized carbons (Fsp3) is 0.333. The van der Waals surface area contributed by atoms with Crippen LogP contribution in [0, 0.1) is 5.82 Å². The SMILES string of the molecule is COc1ncc(CN2CCOc3c(Cl)cc(N4CCN(C)c5cc(F)ccc54)cc3C2)cn1. The van der Waals surface area contributed by atoms with Gasteiger partial charge in [-0.1, -0.05) is 11.6 Å². The van der Waals surface area contributed by atoms with Crippen molar-refractivity contribution in [1.82, 2.24) is 14.9 Å². The van der Waals surface area contributed by atoms with Gasteiger partial charge in [-0.3, -0.25) is 4.90 Å². The van der Waals surface area contributed by atoms with Crippen molar-refractivity contribution in [3.63, 3.8) is 0 Å². The Morgan fingerprint density at radius 3 is 2.70 bits per heavy atom. The van der Waals surface area contributed by atoms with Crippen molar-refractivity contribution in [2.45, 2.75) is 13.1 Å². The number of likely N-dealkylation sites (N-methyl/N-ethyl adjacent to an activating group) is 1. The number of benzene rings is 2. The van der Waals surface area contributed by atoms with Gasteiger partial charge >= 0.3 is 6.01 Å². The van der Waals surface area contributed by atoms with Gasteiger partial charge < -0.3 is 19.3 Å². The molecule has 2 aromatic carbocycles. The quantitative estimate of drug-likeness (QED) is 0.566. The van der Waals surface area contributed by atoms with E-state index in [1.807, 2.05) is 19.2 Å². The predicted octanol–water partition coefficient (Wildman–Crippen LogP) is 4.26. The summed E-state index contributed by atoms with van der Waals surface area (Å²) in [5.41, 5.74) is 4.81. The van der Waals surface area contributed by atoms with E-state index in [9.17, 15) is 4.39 Å². The summed E-state index contributed by atoms with van der Waals surface area (Å²) in [4.78, 5) is 14.9. The van der Waals surface area contributed by atoms with Crippen LogP contribution in [-0.2, 0) is 13.1 Å². The smallest absolute Gasteiger partial charge is 0.316 e. The minimum absolute atomic E-state index is 0.242. The average Bonchev–Trinajstić information content (AvgIpc) is 3.02. The maximum atomic E-state index is 13.9. The number of fused-ring (bicyclic) bond motifs is 2. The van der Waals surface area contributed by atoms with Crippen LogP contribution in [-0.4, -0.2) is 55.3 Å². The summed E-state index contributed by atoms with van der Waals surface area (Å²) in [7, 11) is 3.53. The molecule has 33 heavy (non-hydrogen) atoms. The Morgan fingerprint density at radius 1 is 1.09 bits per heavy atom. The number of rotatable bonds is 4. The third-order valence-corrected chi connectivity index (χ3v) is 6.31. The van der Waals surface area contributed by atoms with E-state index in [1.54, 1.807) is 25.6 Å². The van der Waals surface area contributed by atoms with Gasteiger partial charge in [-0.15, -0.1) is 0 Å². The molecule has 2 aliphatic rings. The Kier molecular flexibility index (Phi) is 5.95. The highest BCUT2D eigenvalue weighted by Crippen LogP contribution is 2.42. The van der Waals surface area contributed by atoms with Crippen molar-refractivity contribution in [3.8, 4) is 11.8 Å². The fourth-order valence-corrected chi connectivity index (χ4v) is 4.67. The monoisotopic (exact) mass is 469 g/mol. The standard InChI is InChI=1S/C24H25ClFN5O2/c1-29-5-6-31(21-4-3-18(26)10-22(21)29)19-9-17-15-30(7-8-33-23(17)20(25)11-19)14-16-12-27-24(32-2)28-13-16/h3-4,9-13H,5-8,14-15H2,1-2H3. The van der Waals surface area contributed by atoms with Crippen LogP contribution in [0.3, 0.4) is 0 Å². The van der Waals surface area contributed by atoms with Crippen molar-refractivity contribution < 1.29 is 13.9 Å². The Labute approximate surface area is 197 Å². The molecular weight excluding hydrogens is 445 g/mol. The van der Waals surface area contributed by atoms with Gasteiger partial charge in [-0.05, 0) is 30.3 Å². The number of aromatic nitrogens is 2. The van der Waals surface area contributed by atoms with E-state index in [0.29, 0.717) is 30.7 Å². The molecule has 0 bridgehead atoms. The fourth-order valence-electron chi connectivity index (χ4n) is 4.38. The zero-order valence-corrected chi connectivity index (χ0v) is 19.3. The van der Waals surface area contributed by atoms with Gasteiger partial charge in [-0.2, -0.15) is 0 Å². The van der Waals surface area contributed by atoms with Gasteiger partial charge in [-0.25, -0.2) is 14.4 Å². The number of anilines is 3. The molecule has 0 aliphatic carbocycles. The molecular formula is C24H25ClFN5O2. The largest absolute Gasteiger partial charge is 0.490 e. The summed E-state index contributed by atoms with van der Waals surface area (Å²) >= 11 is 6.69. The van der Waals surface area contributed by atoms with Gasteiger partial charge in [0.15, 0.2) is 0 Å². The summed E-state index contributed by atoms with van der Waals surface area (Å²) in [5.74, 6) is 0.483. The van der Waals surface area contributed by atoms with Crippen LogP contribution in [0.25, 0.3) is 0 Å².